The Morgan fingerprint density at radius 3 is 1.90 bits per heavy atom. The van der Waals surface area contributed by atoms with Crippen LogP contribution in [0.1, 0.15) is 10.4 Å². The molecular formula is C14H14ClNO3S. The first-order valence-electron chi connectivity index (χ1n) is 5.63. The molecule has 0 saturated heterocycles. The highest BCUT2D eigenvalue weighted by molar-refractivity contribution is 7.89. The summed E-state index contributed by atoms with van der Waals surface area (Å²) in [6, 6.07) is 16.5. The van der Waals surface area contributed by atoms with Gasteiger partial charge in [-0.15, -0.1) is 12.4 Å². The molecule has 6 heteroatoms. The Kier molecular flexibility index (Phi) is 5.30. The van der Waals surface area contributed by atoms with E-state index in [1.807, 2.05) is 35.1 Å². The monoisotopic (exact) mass is 311 g/mol. The van der Waals surface area contributed by atoms with Crippen LogP contribution in [0.15, 0.2) is 54.6 Å². The lowest BCUT2D eigenvalue weighted by Crippen LogP contribution is -2.29. The molecule has 1 amide bonds. The fourth-order valence-electron chi connectivity index (χ4n) is 1.67. The molecule has 20 heavy (non-hydrogen) atoms. The van der Waals surface area contributed by atoms with Crippen molar-refractivity contribution >= 4 is 28.3 Å². The molecule has 4 nitrogen and oxygen atoms in total. The molecule has 0 aliphatic heterocycles. The molecule has 0 heterocycles. The first-order valence-corrected chi connectivity index (χ1v) is 7.52. The number of nitrogens with one attached hydrogen (secondary N) is 1. The fourth-order valence-corrected chi connectivity index (χ4v) is 2.13. The molecule has 0 bridgehead atoms. The lowest BCUT2D eigenvalue weighted by atomic mass is 10.0. The van der Waals surface area contributed by atoms with E-state index < -0.39 is 15.9 Å². The van der Waals surface area contributed by atoms with Gasteiger partial charge in [0.25, 0.3) is 5.91 Å². The molecule has 0 radical (unpaired) electrons. The molecule has 0 spiro atoms. The van der Waals surface area contributed by atoms with E-state index in [1.54, 1.807) is 24.3 Å². The van der Waals surface area contributed by atoms with E-state index in [0.717, 1.165) is 17.4 Å². The van der Waals surface area contributed by atoms with Crippen LogP contribution in [0.3, 0.4) is 0 Å². The predicted molar refractivity (Wildman–Crippen MR) is 81.4 cm³/mol. The second kappa shape index (κ2) is 6.54. The molecule has 0 unspecified atom stereocenters. The molecule has 0 saturated carbocycles. The van der Waals surface area contributed by atoms with Gasteiger partial charge in [-0.2, -0.15) is 0 Å². The maximum absolute atomic E-state index is 11.6. The maximum Gasteiger partial charge on any atom is 0.264 e. The smallest absolute Gasteiger partial charge is 0.264 e. The van der Waals surface area contributed by atoms with Gasteiger partial charge in [-0.25, -0.2) is 13.1 Å². The Morgan fingerprint density at radius 2 is 1.40 bits per heavy atom. The second-order valence-electron chi connectivity index (χ2n) is 4.15. The number of hydrogen-bond acceptors (Lipinski definition) is 3. The third-order valence-electron chi connectivity index (χ3n) is 2.53. The Labute approximate surface area is 124 Å². The minimum atomic E-state index is -3.53. The first-order chi connectivity index (χ1) is 8.96. The number of hydrogen-bond donors (Lipinski definition) is 1. The van der Waals surface area contributed by atoms with Crippen molar-refractivity contribution in [1.29, 1.82) is 0 Å². The third kappa shape index (κ3) is 4.36. The number of rotatable bonds is 3. The van der Waals surface area contributed by atoms with E-state index in [-0.39, 0.29) is 12.4 Å². The molecule has 2 aromatic carbocycles. The Bertz CT molecular complexity index is 682. The number of carbonyl (C=O) groups excluding carboxylic acids is 1. The lowest BCUT2D eigenvalue weighted by Gasteiger charge is -2.05. The molecule has 0 aliphatic carbocycles. The van der Waals surface area contributed by atoms with Crippen LogP contribution < -0.4 is 4.72 Å². The van der Waals surface area contributed by atoms with Crippen molar-refractivity contribution in [3.63, 3.8) is 0 Å². The quantitative estimate of drug-likeness (QED) is 0.947. The summed E-state index contributed by atoms with van der Waals surface area (Å²) >= 11 is 0. The zero-order valence-electron chi connectivity index (χ0n) is 10.7. The van der Waals surface area contributed by atoms with Gasteiger partial charge in [-0.05, 0) is 23.3 Å². The summed E-state index contributed by atoms with van der Waals surface area (Å²) in [4.78, 5) is 11.6. The van der Waals surface area contributed by atoms with Crippen molar-refractivity contribution in [2.75, 3.05) is 6.26 Å². The van der Waals surface area contributed by atoms with Gasteiger partial charge in [0.05, 0.1) is 6.26 Å². The fraction of sp³-hybridized carbons (Fsp3) is 0.0714. The van der Waals surface area contributed by atoms with Gasteiger partial charge in [0.2, 0.25) is 10.0 Å². The maximum atomic E-state index is 11.6. The van der Waals surface area contributed by atoms with Crippen LogP contribution in [0.2, 0.25) is 0 Å². The third-order valence-corrected chi connectivity index (χ3v) is 3.09. The number of amides is 1. The Balaban J connectivity index is 0.00000200. The largest absolute Gasteiger partial charge is 0.268 e. The SMILES string of the molecule is CS(=O)(=O)NC(=O)c1ccc(-c2ccccc2)cc1.Cl. The van der Waals surface area contributed by atoms with Gasteiger partial charge >= 0.3 is 0 Å². The van der Waals surface area contributed by atoms with E-state index in [0.29, 0.717) is 5.56 Å². The highest BCUT2D eigenvalue weighted by atomic mass is 35.5. The van der Waals surface area contributed by atoms with Gasteiger partial charge in [-0.3, -0.25) is 4.79 Å². The number of halogens is 1. The highest BCUT2D eigenvalue weighted by Gasteiger charge is 2.10. The second-order valence-corrected chi connectivity index (χ2v) is 5.90. The summed E-state index contributed by atoms with van der Waals surface area (Å²) < 4.78 is 23.9. The van der Waals surface area contributed by atoms with Crippen LogP contribution in [-0.2, 0) is 10.0 Å². The molecule has 1 N–H and O–H groups in total. The van der Waals surface area contributed by atoms with Crippen LogP contribution in [0, 0.1) is 0 Å². The van der Waals surface area contributed by atoms with Crippen molar-refractivity contribution in [2.45, 2.75) is 0 Å². The Hall–Kier alpha value is -1.85. The average molecular weight is 312 g/mol. The summed E-state index contributed by atoms with van der Waals surface area (Å²) in [5.74, 6) is -0.623. The van der Waals surface area contributed by atoms with Crippen molar-refractivity contribution < 1.29 is 13.2 Å². The van der Waals surface area contributed by atoms with Crippen molar-refractivity contribution in [1.82, 2.24) is 4.72 Å². The van der Waals surface area contributed by atoms with Crippen LogP contribution in [0.25, 0.3) is 11.1 Å². The predicted octanol–water partition coefficient (Wildman–Crippen LogP) is 2.46. The van der Waals surface area contributed by atoms with Crippen LogP contribution in [-0.4, -0.2) is 20.6 Å². The summed E-state index contributed by atoms with van der Waals surface area (Å²) in [5, 5.41) is 0. The summed E-state index contributed by atoms with van der Waals surface area (Å²) in [5.41, 5.74) is 2.32. The van der Waals surface area contributed by atoms with Crippen molar-refractivity contribution in [3.05, 3.63) is 60.2 Å². The number of benzene rings is 2. The van der Waals surface area contributed by atoms with Crippen molar-refractivity contribution in [2.24, 2.45) is 0 Å². The zero-order chi connectivity index (χ0) is 13.9. The van der Waals surface area contributed by atoms with Gasteiger partial charge in [0.15, 0.2) is 0 Å². The number of sulfonamides is 1. The van der Waals surface area contributed by atoms with Crippen LogP contribution in [0.5, 0.6) is 0 Å². The van der Waals surface area contributed by atoms with Gasteiger partial charge < -0.3 is 0 Å². The van der Waals surface area contributed by atoms with Gasteiger partial charge in [0, 0.05) is 5.56 Å². The molecule has 106 valence electrons. The van der Waals surface area contributed by atoms with E-state index in [1.165, 1.54) is 0 Å². The molecular weight excluding hydrogens is 298 g/mol. The van der Waals surface area contributed by atoms with Crippen molar-refractivity contribution in [3.8, 4) is 11.1 Å². The molecule has 0 atom stereocenters. The summed E-state index contributed by atoms with van der Waals surface area (Å²) in [7, 11) is -3.53. The highest BCUT2D eigenvalue weighted by Crippen LogP contribution is 2.19. The van der Waals surface area contributed by atoms with E-state index in [9.17, 15) is 13.2 Å². The summed E-state index contributed by atoms with van der Waals surface area (Å²) in [6.45, 7) is 0. The Morgan fingerprint density at radius 1 is 0.900 bits per heavy atom. The van der Waals surface area contributed by atoms with Gasteiger partial charge in [-0.1, -0.05) is 42.5 Å². The molecule has 2 rings (SSSR count). The zero-order valence-corrected chi connectivity index (χ0v) is 12.4. The molecule has 0 fully saturated rings. The number of carbonyl (C=O) groups is 1. The van der Waals surface area contributed by atoms with Gasteiger partial charge in [0.1, 0.15) is 0 Å². The standard InChI is InChI=1S/C14H13NO3S.ClH/c1-19(17,18)15-14(16)13-9-7-12(8-10-13)11-5-3-2-4-6-11;/h2-10H,1H3,(H,15,16);1H. The van der Waals surface area contributed by atoms with Crippen LogP contribution >= 0.6 is 12.4 Å². The van der Waals surface area contributed by atoms with E-state index >= 15 is 0 Å². The summed E-state index contributed by atoms with van der Waals surface area (Å²) in [6.07, 6.45) is 0.948. The minimum absolute atomic E-state index is 0. The minimum Gasteiger partial charge on any atom is -0.268 e. The molecule has 2 aromatic rings. The topological polar surface area (TPSA) is 63.2 Å². The average Bonchev–Trinajstić information content (AvgIpc) is 2.38. The molecule has 0 aromatic heterocycles. The van der Waals surface area contributed by atoms with E-state index in [2.05, 4.69) is 0 Å². The lowest BCUT2D eigenvalue weighted by molar-refractivity contribution is 0.0981. The normalized spacial score (nSPS) is 10.4. The molecule has 0 aliphatic rings. The van der Waals surface area contributed by atoms with Crippen LogP contribution in [0.4, 0.5) is 0 Å². The van der Waals surface area contributed by atoms with E-state index in [4.69, 9.17) is 0 Å². The first kappa shape index (κ1) is 16.2.